The summed E-state index contributed by atoms with van der Waals surface area (Å²) in [5.41, 5.74) is 0. The fourth-order valence-electron chi connectivity index (χ4n) is 5.26. The smallest absolute Gasteiger partial charge is 0.0113 e. The summed E-state index contributed by atoms with van der Waals surface area (Å²) >= 11 is 0. The zero-order valence-corrected chi connectivity index (χ0v) is 13.5. The molecule has 0 radical (unpaired) electrons. The van der Waals surface area contributed by atoms with Gasteiger partial charge in [-0.05, 0) is 62.8 Å². The first-order valence-corrected chi connectivity index (χ1v) is 9.29. The van der Waals surface area contributed by atoms with Gasteiger partial charge in [0.25, 0.3) is 0 Å². The molecular weight excluding hydrogens is 244 g/mol. The molecule has 20 heavy (non-hydrogen) atoms. The molecule has 1 saturated heterocycles. The van der Waals surface area contributed by atoms with E-state index in [1.165, 1.54) is 64.3 Å². The van der Waals surface area contributed by atoms with Crippen molar-refractivity contribution >= 4 is 0 Å². The Hall–Kier alpha value is -0.0800. The van der Waals surface area contributed by atoms with Gasteiger partial charge >= 0.3 is 0 Å². The third-order valence-electron chi connectivity index (χ3n) is 6.61. The molecule has 0 aromatic heterocycles. The highest BCUT2D eigenvalue weighted by Gasteiger charge is 2.37. The molecule has 0 spiro atoms. The van der Waals surface area contributed by atoms with Crippen molar-refractivity contribution in [3.8, 4) is 0 Å². The first kappa shape index (κ1) is 14.8. The molecule has 116 valence electrons. The van der Waals surface area contributed by atoms with Crippen LogP contribution in [-0.4, -0.2) is 24.7 Å². The highest BCUT2D eigenvalue weighted by molar-refractivity contribution is 4.95. The first-order valence-electron chi connectivity index (χ1n) is 9.29. The lowest BCUT2D eigenvalue weighted by Gasteiger charge is -2.39. The zero-order chi connectivity index (χ0) is 13.9. The molecule has 0 aromatic carbocycles. The van der Waals surface area contributed by atoms with E-state index >= 15 is 0 Å². The first-order chi connectivity index (χ1) is 9.79. The lowest BCUT2D eigenvalue weighted by atomic mass is 9.78. The molecule has 1 aliphatic heterocycles. The summed E-state index contributed by atoms with van der Waals surface area (Å²) < 4.78 is 0. The van der Waals surface area contributed by atoms with Gasteiger partial charge in [-0.3, -0.25) is 0 Å². The van der Waals surface area contributed by atoms with Gasteiger partial charge < -0.3 is 10.6 Å². The average Bonchev–Trinajstić information content (AvgIpc) is 3.11. The number of hydrogen-bond donors (Lipinski definition) is 2. The molecule has 2 heteroatoms. The van der Waals surface area contributed by atoms with Crippen LogP contribution in [0.5, 0.6) is 0 Å². The highest BCUT2D eigenvalue weighted by Crippen LogP contribution is 2.37. The van der Waals surface area contributed by atoms with Gasteiger partial charge in [0.05, 0.1) is 0 Å². The second-order valence-corrected chi connectivity index (χ2v) is 7.64. The molecule has 2 saturated carbocycles. The number of hydrogen-bond acceptors (Lipinski definition) is 2. The Balaban J connectivity index is 1.59. The van der Waals surface area contributed by atoms with E-state index in [0.717, 1.165) is 35.9 Å². The molecule has 0 aromatic rings. The zero-order valence-electron chi connectivity index (χ0n) is 13.5. The van der Waals surface area contributed by atoms with Crippen LogP contribution in [0.2, 0.25) is 0 Å². The minimum atomic E-state index is 0.794. The Morgan fingerprint density at radius 3 is 2.50 bits per heavy atom. The van der Waals surface area contributed by atoms with Crippen LogP contribution in [0.15, 0.2) is 0 Å². The van der Waals surface area contributed by atoms with E-state index in [-0.39, 0.29) is 0 Å². The van der Waals surface area contributed by atoms with Gasteiger partial charge in [0.15, 0.2) is 0 Å². The predicted molar refractivity (Wildman–Crippen MR) is 85.9 cm³/mol. The van der Waals surface area contributed by atoms with Crippen molar-refractivity contribution in [2.45, 2.75) is 89.8 Å². The summed E-state index contributed by atoms with van der Waals surface area (Å²) in [7, 11) is 0. The van der Waals surface area contributed by atoms with Gasteiger partial charge in [0, 0.05) is 18.1 Å². The molecule has 2 nitrogen and oxygen atoms in total. The molecular formula is C18H34N2. The van der Waals surface area contributed by atoms with Gasteiger partial charge in [-0.1, -0.05) is 33.1 Å². The van der Waals surface area contributed by atoms with Gasteiger partial charge in [-0.25, -0.2) is 0 Å². The molecule has 1 heterocycles. The van der Waals surface area contributed by atoms with Crippen molar-refractivity contribution in [3.05, 3.63) is 0 Å². The van der Waals surface area contributed by atoms with Crippen LogP contribution in [-0.2, 0) is 0 Å². The minimum Gasteiger partial charge on any atom is -0.314 e. The summed E-state index contributed by atoms with van der Waals surface area (Å²) in [6, 6.07) is 2.40. The Labute approximate surface area is 125 Å². The quantitative estimate of drug-likeness (QED) is 0.819. The Kier molecular flexibility index (Phi) is 5.04. The van der Waals surface area contributed by atoms with Crippen molar-refractivity contribution in [1.29, 1.82) is 0 Å². The molecule has 6 atom stereocenters. The largest absolute Gasteiger partial charge is 0.314 e. The normalized spacial score (nSPS) is 45.9. The van der Waals surface area contributed by atoms with Crippen molar-refractivity contribution in [2.24, 2.45) is 17.8 Å². The van der Waals surface area contributed by atoms with Crippen molar-refractivity contribution in [2.75, 3.05) is 6.54 Å². The van der Waals surface area contributed by atoms with Crippen LogP contribution in [0.25, 0.3) is 0 Å². The second-order valence-electron chi connectivity index (χ2n) is 7.64. The van der Waals surface area contributed by atoms with Gasteiger partial charge in [-0.15, -0.1) is 0 Å². The molecule has 6 unspecified atom stereocenters. The highest BCUT2D eigenvalue weighted by atomic mass is 15.0. The molecule has 3 aliphatic rings. The van der Waals surface area contributed by atoms with Crippen LogP contribution in [0.3, 0.4) is 0 Å². The predicted octanol–water partition coefficient (Wildman–Crippen LogP) is 3.71. The van der Waals surface area contributed by atoms with E-state index in [1.807, 2.05) is 0 Å². The molecule has 3 fully saturated rings. The van der Waals surface area contributed by atoms with E-state index in [9.17, 15) is 0 Å². The lowest BCUT2D eigenvalue weighted by Crippen LogP contribution is -2.51. The SMILES string of the molecule is CCC1CCC(NC2CCCCC2C2CCCN2)C1C. The van der Waals surface area contributed by atoms with E-state index in [0.29, 0.717) is 0 Å². The Morgan fingerprint density at radius 2 is 1.80 bits per heavy atom. The topological polar surface area (TPSA) is 24.1 Å². The van der Waals surface area contributed by atoms with Crippen LogP contribution in [0.4, 0.5) is 0 Å². The maximum atomic E-state index is 4.12. The van der Waals surface area contributed by atoms with E-state index in [4.69, 9.17) is 0 Å². The molecule has 0 bridgehead atoms. The van der Waals surface area contributed by atoms with Crippen molar-refractivity contribution in [3.63, 3.8) is 0 Å². The third-order valence-corrected chi connectivity index (χ3v) is 6.61. The fraction of sp³-hybridized carbons (Fsp3) is 1.00. The maximum absolute atomic E-state index is 4.12. The molecule has 2 N–H and O–H groups in total. The fourth-order valence-corrected chi connectivity index (χ4v) is 5.26. The lowest BCUT2D eigenvalue weighted by molar-refractivity contribution is 0.187. The summed E-state index contributed by atoms with van der Waals surface area (Å²) in [5.74, 6) is 2.76. The van der Waals surface area contributed by atoms with Gasteiger partial charge in [0.2, 0.25) is 0 Å². The van der Waals surface area contributed by atoms with E-state index in [1.54, 1.807) is 0 Å². The molecule has 0 amide bonds. The van der Waals surface area contributed by atoms with Gasteiger partial charge in [0.1, 0.15) is 0 Å². The summed E-state index contributed by atoms with van der Waals surface area (Å²) in [6.45, 7) is 6.12. The van der Waals surface area contributed by atoms with E-state index < -0.39 is 0 Å². The van der Waals surface area contributed by atoms with Crippen LogP contribution in [0.1, 0.15) is 71.6 Å². The van der Waals surface area contributed by atoms with Crippen LogP contribution in [0, 0.1) is 17.8 Å². The third kappa shape index (κ3) is 3.06. The molecule has 2 aliphatic carbocycles. The van der Waals surface area contributed by atoms with E-state index in [2.05, 4.69) is 24.5 Å². The standard InChI is InChI=1S/C18H34N2/c1-3-14-10-11-16(13(14)2)20-18-8-5-4-7-15(18)17-9-6-12-19-17/h13-20H,3-12H2,1-2H3. The number of rotatable bonds is 4. The maximum Gasteiger partial charge on any atom is 0.0113 e. The van der Waals surface area contributed by atoms with Crippen LogP contribution < -0.4 is 10.6 Å². The van der Waals surface area contributed by atoms with Gasteiger partial charge in [-0.2, -0.15) is 0 Å². The monoisotopic (exact) mass is 278 g/mol. The van der Waals surface area contributed by atoms with Crippen molar-refractivity contribution in [1.82, 2.24) is 10.6 Å². The number of nitrogens with one attached hydrogen (secondary N) is 2. The molecule has 3 rings (SSSR count). The second kappa shape index (κ2) is 6.79. The average molecular weight is 278 g/mol. The van der Waals surface area contributed by atoms with Crippen molar-refractivity contribution < 1.29 is 0 Å². The summed E-state index contributed by atoms with van der Waals surface area (Å²) in [4.78, 5) is 0. The Morgan fingerprint density at radius 1 is 0.950 bits per heavy atom. The Bertz CT molecular complexity index is 298. The summed E-state index contributed by atoms with van der Waals surface area (Å²) in [5, 5.41) is 7.89. The van der Waals surface area contributed by atoms with Crippen LogP contribution >= 0.6 is 0 Å². The summed E-state index contributed by atoms with van der Waals surface area (Å²) in [6.07, 6.45) is 12.8. The minimum absolute atomic E-state index is 0.794.